The highest BCUT2D eigenvalue weighted by Crippen LogP contribution is 2.46. The normalized spacial score (nSPS) is 20.5. The van der Waals surface area contributed by atoms with Crippen LogP contribution in [-0.4, -0.2) is 25.5 Å². The summed E-state index contributed by atoms with van der Waals surface area (Å²) < 4.78 is 10.2. The van der Waals surface area contributed by atoms with Crippen molar-refractivity contribution in [3.8, 4) is 5.75 Å². The van der Waals surface area contributed by atoms with Crippen molar-refractivity contribution in [1.82, 2.24) is 0 Å². The number of ether oxygens (including phenoxy) is 2. The second-order valence-corrected chi connectivity index (χ2v) is 5.28. The van der Waals surface area contributed by atoms with Crippen LogP contribution in [0.15, 0.2) is 42.5 Å². The standard InChI is InChI=1S/C18H20O4/c1-5-22-17(20)18(13(3)19)11-15(10-12(18)2)14-6-8-16(21-4)9-7-14/h6-10H,2,5,11H2,1,3-4H3. The summed E-state index contributed by atoms with van der Waals surface area (Å²) >= 11 is 0. The van der Waals surface area contributed by atoms with Gasteiger partial charge in [0, 0.05) is 6.42 Å². The lowest BCUT2D eigenvalue weighted by Crippen LogP contribution is -2.38. The lowest BCUT2D eigenvalue weighted by atomic mass is 9.77. The average molecular weight is 300 g/mol. The second kappa shape index (κ2) is 6.18. The van der Waals surface area contributed by atoms with Gasteiger partial charge in [0.15, 0.2) is 11.2 Å². The lowest BCUT2D eigenvalue weighted by molar-refractivity contribution is -0.156. The average Bonchev–Trinajstić information content (AvgIpc) is 2.86. The molecule has 0 aliphatic heterocycles. The fourth-order valence-electron chi connectivity index (χ4n) is 2.73. The Balaban J connectivity index is 2.35. The molecule has 0 N–H and O–H groups in total. The predicted molar refractivity (Wildman–Crippen MR) is 84.5 cm³/mol. The molecule has 0 saturated carbocycles. The molecule has 1 aliphatic rings. The van der Waals surface area contributed by atoms with Gasteiger partial charge in [-0.1, -0.05) is 24.8 Å². The lowest BCUT2D eigenvalue weighted by Gasteiger charge is -2.25. The summed E-state index contributed by atoms with van der Waals surface area (Å²) in [7, 11) is 1.60. The van der Waals surface area contributed by atoms with Crippen molar-refractivity contribution in [3.05, 3.63) is 48.1 Å². The van der Waals surface area contributed by atoms with Crippen LogP contribution in [0.4, 0.5) is 0 Å². The molecule has 0 aromatic heterocycles. The molecule has 1 unspecified atom stereocenters. The van der Waals surface area contributed by atoms with Crippen molar-refractivity contribution < 1.29 is 19.1 Å². The first kappa shape index (κ1) is 16.0. The van der Waals surface area contributed by atoms with Gasteiger partial charge in [0.2, 0.25) is 0 Å². The minimum Gasteiger partial charge on any atom is -0.497 e. The molecule has 1 atom stereocenters. The van der Waals surface area contributed by atoms with E-state index in [0.717, 1.165) is 16.9 Å². The molecule has 0 fully saturated rings. The van der Waals surface area contributed by atoms with Crippen LogP contribution in [0.1, 0.15) is 25.8 Å². The number of rotatable bonds is 5. The van der Waals surface area contributed by atoms with Crippen molar-refractivity contribution in [3.63, 3.8) is 0 Å². The van der Waals surface area contributed by atoms with E-state index < -0.39 is 11.4 Å². The largest absolute Gasteiger partial charge is 0.497 e. The summed E-state index contributed by atoms with van der Waals surface area (Å²) in [6.07, 6.45) is 2.09. The van der Waals surface area contributed by atoms with E-state index in [2.05, 4.69) is 6.58 Å². The molecular formula is C18H20O4. The number of benzene rings is 1. The molecule has 22 heavy (non-hydrogen) atoms. The Morgan fingerprint density at radius 1 is 1.27 bits per heavy atom. The number of methoxy groups -OCH3 is 1. The van der Waals surface area contributed by atoms with E-state index in [-0.39, 0.29) is 18.8 Å². The first-order valence-corrected chi connectivity index (χ1v) is 7.18. The van der Waals surface area contributed by atoms with Gasteiger partial charge in [0.25, 0.3) is 0 Å². The van der Waals surface area contributed by atoms with Gasteiger partial charge in [-0.15, -0.1) is 0 Å². The Hall–Kier alpha value is -2.36. The molecule has 0 bridgehead atoms. The number of Topliss-reactive ketones (excluding diaryl/α,β-unsaturated/α-hetero) is 1. The number of carbonyl (C=O) groups is 2. The maximum Gasteiger partial charge on any atom is 0.324 e. The summed E-state index contributed by atoms with van der Waals surface area (Å²) in [5, 5.41) is 0. The molecule has 0 saturated heterocycles. The molecule has 0 amide bonds. The number of ketones is 1. The third kappa shape index (κ3) is 2.56. The molecule has 1 aromatic rings. The smallest absolute Gasteiger partial charge is 0.324 e. The summed E-state index contributed by atoms with van der Waals surface area (Å²) in [4.78, 5) is 24.5. The summed E-state index contributed by atoms with van der Waals surface area (Å²) in [6.45, 7) is 7.29. The topological polar surface area (TPSA) is 52.6 Å². The fourth-order valence-corrected chi connectivity index (χ4v) is 2.73. The van der Waals surface area contributed by atoms with Crippen LogP contribution in [-0.2, 0) is 14.3 Å². The summed E-state index contributed by atoms with van der Waals surface area (Å²) in [6, 6.07) is 7.49. The van der Waals surface area contributed by atoms with Gasteiger partial charge in [-0.25, -0.2) is 0 Å². The molecule has 1 aromatic carbocycles. The molecular weight excluding hydrogens is 280 g/mol. The zero-order chi connectivity index (χ0) is 16.3. The van der Waals surface area contributed by atoms with Crippen LogP contribution in [0.5, 0.6) is 5.75 Å². The first-order chi connectivity index (χ1) is 10.5. The summed E-state index contributed by atoms with van der Waals surface area (Å²) in [5.74, 6) is -0.00706. The predicted octanol–water partition coefficient (Wildman–Crippen LogP) is 3.18. The molecule has 1 aliphatic carbocycles. The van der Waals surface area contributed by atoms with Crippen LogP contribution in [0.2, 0.25) is 0 Å². The SMILES string of the molecule is C=C1C=C(c2ccc(OC)cc2)CC1(C(C)=O)C(=O)OCC. The molecule has 4 heteroatoms. The van der Waals surface area contributed by atoms with Crippen molar-refractivity contribution in [2.45, 2.75) is 20.3 Å². The van der Waals surface area contributed by atoms with Gasteiger partial charge < -0.3 is 9.47 Å². The van der Waals surface area contributed by atoms with Gasteiger partial charge in [0.05, 0.1) is 13.7 Å². The molecule has 0 radical (unpaired) electrons. The van der Waals surface area contributed by atoms with Crippen LogP contribution in [0.3, 0.4) is 0 Å². The monoisotopic (exact) mass is 300 g/mol. The Labute approximate surface area is 130 Å². The van der Waals surface area contributed by atoms with E-state index >= 15 is 0 Å². The van der Waals surface area contributed by atoms with Gasteiger partial charge in [-0.3, -0.25) is 9.59 Å². The number of allylic oxidation sites excluding steroid dienone is 2. The number of esters is 1. The van der Waals surface area contributed by atoms with Crippen LogP contribution < -0.4 is 4.74 Å². The zero-order valence-electron chi connectivity index (χ0n) is 13.1. The van der Waals surface area contributed by atoms with E-state index in [4.69, 9.17) is 9.47 Å². The third-order valence-electron chi connectivity index (χ3n) is 4.04. The third-order valence-corrected chi connectivity index (χ3v) is 4.04. The van der Waals surface area contributed by atoms with E-state index in [1.807, 2.05) is 24.3 Å². The van der Waals surface area contributed by atoms with E-state index in [9.17, 15) is 9.59 Å². The number of hydrogen-bond donors (Lipinski definition) is 0. The quantitative estimate of drug-likeness (QED) is 0.619. The van der Waals surface area contributed by atoms with E-state index in [0.29, 0.717) is 5.57 Å². The maximum absolute atomic E-state index is 12.3. The van der Waals surface area contributed by atoms with Gasteiger partial charge >= 0.3 is 5.97 Å². The number of carbonyl (C=O) groups excluding carboxylic acids is 2. The zero-order valence-corrected chi connectivity index (χ0v) is 13.1. The number of hydrogen-bond acceptors (Lipinski definition) is 4. The van der Waals surface area contributed by atoms with Crippen molar-refractivity contribution in [2.75, 3.05) is 13.7 Å². The van der Waals surface area contributed by atoms with Crippen LogP contribution >= 0.6 is 0 Å². The minimum atomic E-state index is -1.29. The first-order valence-electron chi connectivity index (χ1n) is 7.18. The molecule has 2 rings (SSSR count). The van der Waals surface area contributed by atoms with E-state index in [1.54, 1.807) is 20.1 Å². The van der Waals surface area contributed by atoms with Crippen LogP contribution in [0, 0.1) is 5.41 Å². The van der Waals surface area contributed by atoms with Crippen molar-refractivity contribution in [1.29, 1.82) is 0 Å². The Morgan fingerprint density at radius 2 is 1.91 bits per heavy atom. The maximum atomic E-state index is 12.3. The minimum absolute atomic E-state index is 0.235. The summed E-state index contributed by atoms with van der Waals surface area (Å²) in [5.41, 5.74) is 1.04. The molecule has 0 heterocycles. The Morgan fingerprint density at radius 3 is 2.41 bits per heavy atom. The van der Waals surface area contributed by atoms with Gasteiger partial charge in [0.1, 0.15) is 5.75 Å². The highest BCUT2D eigenvalue weighted by Gasteiger charge is 2.50. The fraction of sp³-hybridized carbons (Fsp3) is 0.333. The molecule has 4 nitrogen and oxygen atoms in total. The highest BCUT2D eigenvalue weighted by atomic mass is 16.5. The van der Waals surface area contributed by atoms with Gasteiger partial charge in [-0.2, -0.15) is 0 Å². The van der Waals surface area contributed by atoms with Crippen molar-refractivity contribution >= 4 is 17.3 Å². The highest BCUT2D eigenvalue weighted by molar-refractivity contribution is 6.10. The Bertz CT molecular complexity index is 640. The van der Waals surface area contributed by atoms with Gasteiger partial charge in [-0.05, 0) is 42.7 Å². The van der Waals surface area contributed by atoms with Crippen molar-refractivity contribution in [2.24, 2.45) is 5.41 Å². The second-order valence-electron chi connectivity index (χ2n) is 5.28. The van der Waals surface area contributed by atoms with E-state index in [1.165, 1.54) is 6.92 Å². The van der Waals surface area contributed by atoms with Crippen LogP contribution in [0.25, 0.3) is 5.57 Å². The Kier molecular flexibility index (Phi) is 4.50. The molecule has 116 valence electrons. The molecule has 0 spiro atoms.